The molecule has 1 aliphatic heterocycles. The lowest BCUT2D eigenvalue weighted by Crippen LogP contribution is -2.44. The molecule has 2 aliphatic rings. The molecule has 4 aromatic rings. The van der Waals surface area contributed by atoms with Crippen molar-refractivity contribution in [2.24, 2.45) is 0 Å². The average molecular weight is 711 g/mol. The first-order valence-electron chi connectivity index (χ1n) is 15.7. The molecule has 10 heteroatoms. The zero-order valence-corrected chi connectivity index (χ0v) is 28.8. The SMILES string of the molecule is Clc1ccc2c(c1)CCc1cc(Br)cnc1C2.O=C(OS)N1CCCCC1CCN(CCCn1ccnc1)Cc1ccccc1. The zero-order valence-electron chi connectivity index (χ0n) is 25.5. The number of thiol groups is 1. The van der Waals surface area contributed by atoms with Gasteiger partial charge >= 0.3 is 6.09 Å². The Morgan fingerprint density at radius 2 is 1.91 bits per heavy atom. The number of hydrogen-bond donors (Lipinski definition) is 1. The number of nitrogens with zero attached hydrogens (tertiary/aromatic N) is 5. The second-order valence-electron chi connectivity index (χ2n) is 11.8. The summed E-state index contributed by atoms with van der Waals surface area (Å²) in [6, 6.07) is 19.2. The Bertz CT molecular complexity index is 1460. The molecule has 2 aromatic carbocycles. The molecular formula is C35H41BrClN5O2S. The molecule has 3 heterocycles. The van der Waals surface area contributed by atoms with Crippen LogP contribution >= 0.6 is 40.4 Å². The highest BCUT2D eigenvalue weighted by atomic mass is 79.9. The van der Waals surface area contributed by atoms with Crippen LogP contribution in [-0.4, -0.2) is 56.1 Å². The minimum absolute atomic E-state index is 0.236. The lowest BCUT2D eigenvalue weighted by atomic mass is 9.99. The molecule has 2 aromatic heterocycles. The number of fused-ring (bicyclic) bond motifs is 2. The van der Waals surface area contributed by atoms with Crippen molar-refractivity contribution in [2.45, 2.75) is 70.5 Å². The summed E-state index contributed by atoms with van der Waals surface area (Å²) < 4.78 is 7.86. The molecule has 45 heavy (non-hydrogen) atoms. The van der Waals surface area contributed by atoms with E-state index in [1.165, 1.54) is 34.4 Å². The maximum atomic E-state index is 12.0. The van der Waals surface area contributed by atoms with Crippen LogP contribution < -0.4 is 0 Å². The number of hydrogen-bond acceptors (Lipinski definition) is 6. The summed E-state index contributed by atoms with van der Waals surface area (Å²) in [6.07, 6.45) is 15.5. The minimum atomic E-state index is -0.317. The van der Waals surface area contributed by atoms with Crippen molar-refractivity contribution < 1.29 is 8.98 Å². The van der Waals surface area contributed by atoms with Gasteiger partial charge in [-0.3, -0.25) is 9.88 Å². The van der Waals surface area contributed by atoms with E-state index in [2.05, 4.69) is 101 Å². The van der Waals surface area contributed by atoms with Crippen LogP contribution in [0.15, 0.2) is 84.0 Å². The van der Waals surface area contributed by atoms with Gasteiger partial charge in [0, 0.05) is 91.9 Å². The lowest BCUT2D eigenvalue weighted by molar-refractivity contribution is 0.108. The normalized spacial score (nSPS) is 15.8. The van der Waals surface area contributed by atoms with E-state index in [1.807, 2.05) is 35.9 Å². The summed E-state index contributed by atoms with van der Waals surface area (Å²) in [5, 5.41) is 0.823. The number of imidazole rings is 1. The van der Waals surface area contributed by atoms with Gasteiger partial charge in [0.05, 0.1) is 6.33 Å². The van der Waals surface area contributed by atoms with E-state index < -0.39 is 0 Å². The van der Waals surface area contributed by atoms with Gasteiger partial charge in [-0.2, -0.15) is 0 Å². The van der Waals surface area contributed by atoms with E-state index in [1.54, 1.807) is 0 Å². The first-order chi connectivity index (χ1) is 22.0. The Labute approximate surface area is 285 Å². The molecule has 0 spiro atoms. The Morgan fingerprint density at radius 1 is 1.07 bits per heavy atom. The number of benzene rings is 2. The molecule has 1 fully saturated rings. The van der Waals surface area contributed by atoms with Gasteiger partial charge in [-0.05, 0) is 101 Å². The van der Waals surface area contributed by atoms with Crippen LogP contribution in [0.4, 0.5) is 4.79 Å². The number of aromatic nitrogens is 3. The molecule has 0 bridgehead atoms. The number of carbonyl (C=O) groups is 1. The predicted octanol–water partition coefficient (Wildman–Crippen LogP) is 8.19. The van der Waals surface area contributed by atoms with Gasteiger partial charge in [0.2, 0.25) is 0 Å². The molecule has 1 saturated heterocycles. The van der Waals surface area contributed by atoms with E-state index in [0.717, 1.165) is 87.2 Å². The Kier molecular flexibility index (Phi) is 12.8. The smallest absolute Gasteiger partial charge is 0.378 e. The molecule has 238 valence electrons. The maximum absolute atomic E-state index is 12.0. The fraction of sp³-hybridized carbons (Fsp3) is 0.400. The number of amides is 1. The van der Waals surface area contributed by atoms with Gasteiger partial charge < -0.3 is 13.7 Å². The predicted molar refractivity (Wildman–Crippen MR) is 187 cm³/mol. The molecule has 1 unspecified atom stereocenters. The van der Waals surface area contributed by atoms with Crippen molar-refractivity contribution in [3.63, 3.8) is 0 Å². The van der Waals surface area contributed by atoms with Crippen LogP contribution in [0.5, 0.6) is 0 Å². The molecule has 0 radical (unpaired) electrons. The summed E-state index contributed by atoms with van der Waals surface area (Å²) in [5.74, 6) is 0. The quantitative estimate of drug-likeness (QED) is 0.140. The standard InChI is InChI=1S/C21H30N4O2S.C14H11BrClN/c26-21(27-28)25-14-5-4-9-20(25)10-15-23(17-19-7-2-1-3-8-19)12-6-13-24-16-11-22-18-24;15-12-5-11-2-1-9-6-13(16)4-3-10(9)7-14(11)17-8-12/h1-3,7-8,11,16,18,20,28H,4-6,9-10,12-15,17H2;3-6,8H,1-2,7H2. The van der Waals surface area contributed by atoms with Crippen LogP contribution in [0.25, 0.3) is 0 Å². The molecule has 1 amide bonds. The average Bonchev–Trinajstić information content (AvgIpc) is 3.52. The van der Waals surface area contributed by atoms with E-state index in [4.69, 9.17) is 11.6 Å². The third kappa shape index (κ3) is 10.1. The summed E-state index contributed by atoms with van der Waals surface area (Å²) in [7, 11) is 0. The van der Waals surface area contributed by atoms with Crippen LogP contribution in [0, 0.1) is 0 Å². The summed E-state index contributed by atoms with van der Waals surface area (Å²) >= 11 is 13.2. The van der Waals surface area contributed by atoms with Gasteiger partial charge in [-0.1, -0.05) is 48.0 Å². The van der Waals surface area contributed by atoms with Crippen molar-refractivity contribution >= 4 is 46.5 Å². The van der Waals surface area contributed by atoms with E-state index in [9.17, 15) is 4.79 Å². The number of piperidine rings is 1. The Hall–Kier alpha value is -2.85. The number of halogens is 2. The zero-order chi connectivity index (χ0) is 31.4. The first kappa shape index (κ1) is 33.5. The number of pyridine rings is 1. The van der Waals surface area contributed by atoms with Crippen LogP contribution in [-0.2, 0) is 36.5 Å². The van der Waals surface area contributed by atoms with Crippen molar-refractivity contribution in [3.05, 3.63) is 117 Å². The van der Waals surface area contributed by atoms with Crippen molar-refractivity contribution in [1.82, 2.24) is 24.3 Å². The monoisotopic (exact) mass is 709 g/mol. The number of rotatable bonds is 9. The van der Waals surface area contributed by atoms with E-state index in [0.29, 0.717) is 0 Å². The van der Waals surface area contributed by atoms with Crippen molar-refractivity contribution in [2.75, 3.05) is 19.6 Å². The Morgan fingerprint density at radius 3 is 2.71 bits per heavy atom. The van der Waals surface area contributed by atoms with Gasteiger partial charge in [0.25, 0.3) is 0 Å². The second kappa shape index (κ2) is 17.2. The molecule has 0 saturated carbocycles. The van der Waals surface area contributed by atoms with Gasteiger partial charge in [-0.15, -0.1) is 0 Å². The third-order valence-electron chi connectivity index (χ3n) is 8.63. The molecular weight excluding hydrogens is 670 g/mol. The van der Waals surface area contributed by atoms with Crippen LogP contribution in [0.3, 0.4) is 0 Å². The van der Waals surface area contributed by atoms with Crippen molar-refractivity contribution in [1.29, 1.82) is 0 Å². The van der Waals surface area contributed by atoms with Crippen molar-refractivity contribution in [3.8, 4) is 0 Å². The van der Waals surface area contributed by atoms with E-state index in [-0.39, 0.29) is 12.1 Å². The third-order valence-corrected chi connectivity index (χ3v) is 9.46. The number of likely N-dealkylation sites (tertiary alicyclic amines) is 1. The van der Waals surface area contributed by atoms with Gasteiger partial charge in [0.1, 0.15) is 0 Å². The minimum Gasteiger partial charge on any atom is -0.378 e. The fourth-order valence-electron chi connectivity index (χ4n) is 6.27. The second-order valence-corrected chi connectivity index (χ2v) is 13.3. The molecule has 6 rings (SSSR count). The fourth-order valence-corrected chi connectivity index (χ4v) is 6.95. The molecule has 0 N–H and O–H groups in total. The number of carbonyl (C=O) groups excluding carboxylic acids is 1. The number of aryl methyl sites for hydroxylation is 3. The topological polar surface area (TPSA) is 63.5 Å². The Balaban J connectivity index is 0.000000200. The van der Waals surface area contributed by atoms with Gasteiger partial charge in [0.15, 0.2) is 0 Å². The highest BCUT2D eigenvalue weighted by molar-refractivity contribution is 9.10. The molecule has 7 nitrogen and oxygen atoms in total. The van der Waals surface area contributed by atoms with Gasteiger partial charge in [-0.25, -0.2) is 9.78 Å². The lowest BCUT2D eigenvalue weighted by Gasteiger charge is -2.35. The largest absolute Gasteiger partial charge is 0.421 e. The summed E-state index contributed by atoms with van der Waals surface area (Å²) in [6.45, 7) is 4.63. The molecule has 1 aliphatic carbocycles. The van der Waals surface area contributed by atoms with Crippen LogP contribution in [0.2, 0.25) is 5.02 Å². The summed E-state index contributed by atoms with van der Waals surface area (Å²) in [4.78, 5) is 25.0. The van der Waals surface area contributed by atoms with E-state index >= 15 is 0 Å². The first-order valence-corrected chi connectivity index (χ1v) is 17.3. The maximum Gasteiger partial charge on any atom is 0.421 e. The molecule has 1 atom stereocenters. The highest BCUT2D eigenvalue weighted by Crippen LogP contribution is 2.27. The van der Waals surface area contributed by atoms with Crippen LogP contribution in [0.1, 0.15) is 60.1 Å². The highest BCUT2D eigenvalue weighted by Gasteiger charge is 2.28. The summed E-state index contributed by atoms with van der Waals surface area (Å²) in [5.41, 5.74) is 6.55.